The molecule has 1 unspecified atom stereocenters. The SMILES string of the molecule is CC(C#N)CN(C)c1cccnn1. The van der Waals surface area contributed by atoms with Crippen molar-refractivity contribution >= 4 is 5.82 Å². The number of anilines is 1. The van der Waals surface area contributed by atoms with Crippen molar-refractivity contribution in [2.45, 2.75) is 6.92 Å². The number of hydrogen-bond donors (Lipinski definition) is 0. The minimum atomic E-state index is 0.00649. The zero-order valence-electron chi connectivity index (χ0n) is 7.81. The molecule has 0 saturated carbocycles. The van der Waals surface area contributed by atoms with Crippen LogP contribution in [0.1, 0.15) is 6.92 Å². The fourth-order valence-electron chi connectivity index (χ4n) is 1.04. The molecule has 4 heteroatoms. The predicted molar refractivity (Wildman–Crippen MR) is 50.1 cm³/mol. The van der Waals surface area contributed by atoms with Crippen molar-refractivity contribution < 1.29 is 0 Å². The monoisotopic (exact) mass is 176 g/mol. The normalized spacial score (nSPS) is 11.8. The summed E-state index contributed by atoms with van der Waals surface area (Å²) < 4.78 is 0. The molecule has 0 aliphatic rings. The molecule has 68 valence electrons. The molecule has 0 aliphatic heterocycles. The van der Waals surface area contributed by atoms with Gasteiger partial charge in [-0.1, -0.05) is 0 Å². The lowest BCUT2D eigenvalue weighted by Crippen LogP contribution is -2.24. The van der Waals surface area contributed by atoms with Gasteiger partial charge in [0.25, 0.3) is 0 Å². The summed E-state index contributed by atoms with van der Waals surface area (Å²) in [4.78, 5) is 1.92. The smallest absolute Gasteiger partial charge is 0.151 e. The van der Waals surface area contributed by atoms with E-state index in [4.69, 9.17) is 5.26 Å². The minimum Gasteiger partial charge on any atom is -0.357 e. The summed E-state index contributed by atoms with van der Waals surface area (Å²) in [5.41, 5.74) is 0. The van der Waals surface area contributed by atoms with Gasteiger partial charge in [0.1, 0.15) is 0 Å². The van der Waals surface area contributed by atoms with E-state index in [-0.39, 0.29) is 5.92 Å². The summed E-state index contributed by atoms with van der Waals surface area (Å²) in [5, 5.41) is 16.3. The summed E-state index contributed by atoms with van der Waals surface area (Å²) in [6.45, 7) is 2.56. The van der Waals surface area contributed by atoms with E-state index in [0.717, 1.165) is 5.82 Å². The van der Waals surface area contributed by atoms with Crippen LogP contribution < -0.4 is 4.90 Å². The molecular formula is C9H12N4. The van der Waals surface area contributed by atoms with E-state index in [2.05, 4.69) is 16.3 Å². The number of aromatic nitrogens is 2. The van der Waals surface area contributed by atoms with Gasteiger partial charge in [0.05, 0.1) is 12.0 Å². The number of hydrogen-bond acceptors (Lipinski definition) is 4. The van der Waals surface area contributed by atoms with Crippen LogP contribution >= 0.6 is 0 Å². The summed E-state index contributed by atoms with van der Waals surface area (Å²) >= 11 is 0. The largest absolute Gasteiger partial charge is 0.357 e. The van der Waals surface area contributed by atoms with Gasteiger partial charge in [0.2, 0.25) is 0 Å². The van der Waals surface area contributed by atoms with Gasteiger partial charge in [-0.2, -0.15) is 10.4 Å². The molecule has 1 atom stereocenters. The first-order chi connectivity index (χ1) is 6.24. The van der Waals surface area contributed by atoms with Crippen molar-refractivity contribution in [3.05, 3.63) is 18.3 Å². The molecule has 0 spiro atoms. The van der Waals surface area contributed by atoms with Crippen molar-refractivity contribution in [2.24, 2.45) is 5.92 Å². The van der Waals surface area contributed by atoms with Crippen molar-refractivity contribution in [1.29, 1.82) is 5.26 Å². The Labute approximate surface area is 77.8 Å². The van der Waals surface area contributed by atoms with Gasteiger partial charge >= 0.3 is 0 Å². The lowest BCUT2D eigenvalue weighted by atomic mass is 10.2. The lowest BCUT2D eigenvalue weighted by Gasteiger charge is -2.17. The van der Waals surface area contributed by atoms with Gasteiger partial charge in [0, 0.05) is 19.8 Å². The average Bonchev–Trinajstić information content (AvgIpc) is 2.19. The second-order valence-electron chi connectivity index (χ2n) is 2.99. The van der Waals surface area contributed by atoms with Crippen LogP contribution in [-0.2, 0) is 0 Å². The summed E-state index contributed by atoms with van der Waals surface area (Å²) in [6, 6.07) is 5.88. The first kappa shape index (κ1) is 9.46. The number of nitriles is 1. The molecule has 0 fully saturated rings. The van der Waals surface area contributed by atoms with Gasteiger partial charge in [-0.3, -0.25) is 0 Å². The number of nitrogens with zero attached hydrogens (tertiary/aromatic N) is 4. The summed E-state index contributed by atoms with van der Waals surface area (Å²) in [5.74, 6) is 0.802. The van der Waals surface area contributed by atoms with E-state index in [9.17, 15) is 0 Å². The third-order valence-electron chi connectivity index (χ3n) is 1.72. The fourth-order valence-corrected chi connectivity index (χ4v) is 1.04. The molecule has 1 rings (SSSR count). The highest BCUT2D eigenvalue weighted by Crippen LogP contribution is 2.07. The molecule has 4 nitrogen and oxygen atoms in total. The van der Waals surface area contributed by atoms with Gasteiger partial charge in [-0.05, 0) is 19.1 Å². The summed E-state index contributed by atoms with van der Waals surface area (Å²) in [6.07, 6.45) is 1.63. The quantitative estimate of drug-likeness (QED) is 0.691. The highest BCUT2D eigenvalue weighted by atomic mass is 15.2. The zero-order chi connectivity index (χ0) is 9.68. The Morgan fingerprint density at radius 1 is 1.69 bits per heavy atom. The Hall–Kier alpha value is -1.63. The van der Waals surface area contributed by atoms with E-state index in [1.807, 2.05) is 31.0 Å². The van der Waals surface area contributed by atoms with E-state index in [1.165, 1.54) is 0 Å². The molecule has 13 heavy (non-hydrogen) atoms. The highest BCUT2D eigenvalue weighted by Gasteiger charge is 2.06. The van der Waals surface area contributed by atoms with Crippen LogP contribution in [-0.4, -0.2) is 23.8 Å². The van der Waals surface area contributed by atoms with Crippen LogP contribution in [0.4, 0.5) is 5.82 Å². The van der Waals surface area contributed by atoms with Crippen molar-refractivity contribution in [1.82, 2.24) is 10.2 Å². The predicted octanol–water partition coefficient (Wildman–Crippen LogP) is 1.07. The van der Waals surface area contributed by atoms with E-state index in [0.29, 0.717) is 6.54 Å². The van der Waals surface area contributed by atoms with Crippen LogP contribution in [0.3, 0.4) is 0 Å². The van der Waals surface area contributed by atoms with Gasteiger partial charge < -0.3 is 4.90 Å². The van der Waals surface area contributed by atoms with Gasteiger partial charge in [0.15, 0.2) is 5.82 Å². The Morgan fingerprint density at radius 3 is 3.00 bits per heavy atom. The molecule has 0 radical (unpaired) electrons. The Kier molecular flexibility index (Phi) is 3.21. The van der Waals surface area contributed by atoms with E-state index >= 15 is 0 Å². The average molecular weight is 176 g/mol. The van der Waals surface area contributed by atoms with Crippen LogP contribution in [0.2, 0.25) is 0 Å². The molecule has 1 aromatic heterocycles. The molecule has 0 amide bonds. The third-order valence-corrected chi connectivity index (χ3v) is 1.72. The van der Waals surface area contributed by atoms with Gasteiger partial charge in [-0.15, -0.1) is 5.10 Å². The standard InChI is InChI=1S/C9H12N4/c1-8(6-10)7-13(2)9-4-3-5-11-12-9/h3-5,8H,7H2,1-2H3. The van der Waals surface area contributed by atoms with Crippen molar-refractivity contribution in [3.63, 3.8) is 0 Å². The van der Waals surface area contributed by atoms with Crippen LogP contribution in [0, 0.1) is 17.2 Å². The van der Waals surface area contributed by atoms with Crippen LogP contribution in [0.5, 0.6) is 0 Å². The second kappa shape index (κ2) is 4.41. The summed E-state index contributed by atoms with van der Waals surface area (Å²) in [7, 11) is 1.90. The van der Waals surface area contributed by atoms with Crippen molar-refractivity contribution in [2.75, 3.05) is 18.5 Å². The third kappa shape index (κ3) is 2.71. The molecule has 1 heterocycles. The van der Waals surface area contributed by atoms with Crippen LogP contribution in [0.15, 0.2) is 18.3 Å². The highest BCUT2D eigenvalue weighted by molar-refractivity contribution is 5.35. The topological polar surface area (TPSA) is 52.8 Å². The molecule has 0 aromatic carbocycles. The Morgan fingerprint density at radius 2 is 2.46 bits per heavy atom. The van der Waals surface area contributed by atoms with E-state index < -0.39 is 0 Å². The first-order valence-electron chi connectivity index (χ1n) is 4.12. The molecule has 0 saturated heterocycles. The maximum atomic E-state index is 8.62. The molecule has 0 aliphatic carbocycles. The molecular weight excluding hydrogens is 164 g/mol. The second-order valence-corrected chi connectivity index (χ2v) is 2.99. The molecule has 0 N–H and O–H groups in total. The lowest BCUT2D eigenvalue weighted by molar-refractivity contribution is 0.705. The first-order valence-corrected chi connectivity index (χ1v) is 4.12. The number of rotatable bonds is 3. The zero-order valence-corrected chi connectivity index (χ0v) is 7.81. The fraction of sp³-hybridized carbons (Fsp3) is 0.444. The molecule has 0 bridgehead atoms. The maximum absolute atomic E-state index is 8.62. The minimum absolute atomic E-state index is 0.00649. The van der Waals surface area contributed by atoms with Crippen LogP contribution in [0.25, 0.3) is 0 Å². The Bertz CT molecular complexity index is 290. The van der Waals surface area contributed by atoms with E-state index in [1.54, 1.807) is 6.20 Å². The van der Waals surface area contributed by atoms with Gasteiger partial charge in [-0.25, -0.2) is 0 Å². The maximum Gasteiger partial charge on any atom is 0.151 e. The Balaban J connectivity index is 2.60. The molecule has 1 aromatic rings. The van der Waals surface area contributed by atoms with Crippen molar-refractivity contribution in [3.8, 4) is 6.07 Å².